The van der Waals surface area contributed by atoms with Gasteiger partial charge < -0.3 is 0 Å². The minimum absolute atomic E-state index is 0.339. The molecule has 0 fully saturated rings. The summed E-state index contributed by atoms with van der Waals surface area (Å²) in [6.45, 7) is 0. The first kappa shape index (κ1) is 20.9. The molecule has 7 aromatic rings. The largest absolute Gasteiger partial charge is 0.278 e. The first-order chi connectivity index (χ1) is 19.8. The van der Waals surface area contributed by atoms with E-state index in [0.29, 0.717) is 34.5 Å². The van der Waals surface area contributed by atoms with Crippen LogP contribution in [0.1, 0.15) is 21.9 Å². The fraction of sp³-hybridized carbons (Fsp3) is 0.0645. The molecule has 3 aromatic carbocycles. The monoisotopic (exact) mass is 532 g/mol. The van der Waals surface area contributed by atoms with Crippen molar-refractivity contribution < 1.29 is 0 Å². The highest BCUT2D eigenvalue weighted by Crippen LogP contribution is 2.57. The Hall–Kier alpha value is -5.02. The number of hydrogen-bond donors (Lipinski definition) is 0. The highest BCUT2D eigenvalue weighted by Gasteiger charge is 2.34. The number of thioether (sulfide) groups is 1. The number of nitrogens with zero attached hydrogens (tertiary/aromatic N) is 8. The Morgan fingerprint density at radius 3 is 2.20 bits per heavy atom. The zero-order chi connectivity index (χ0) is 25.9. The predicted octanol–water partition coefficient (Wildman–Crippen LogP) is 5.27. The van der Waals surface area contributed by atoms with Crippen molar-refractivity contribution in [1.82, 2.24) is 39.5 Å². The van der Waals surface area contributed by atoms with E-state index in [0.717, 1.165) is 17.3 Å². The van der Waals surface area contributed by atoms with Crippen LogP contribution in [-0.2, 0) is 6.42 Å². The average molecular weight is 533 g/mol. The van der Waals surface area contributed by atoms with Crippen molar-refractivity contribution >= 4 is 56.4 Å². The molecule has 1 unspecified atom stereocenters. The molecule has 2 aliphatic carbocycles. The molecule has 0 spiro atoms. The lowest BCUT2D eigenvalue weighted by Crippen LogP contribution is -2.20. The van der Waals surface area contributed by atoms with Crippen molar-refractivity contribution in [2.24, 2.45) is 0 Å². The van der Waals surface area contributed by atoms with Crippen molar-refractivity contribution in [3.05, 3.63) is 89.3 Å². The van der Waals surface area contributed by atoms with E-state index >= 15 is 0 Å². The number of rotatable bonds is 3. The van der Waals surface area contributed by atoms with E-state index in [4.69, 9.17) is 15.0 Å². The Balaban J connectivity index is 1.38. The van der Waals surface area contributed by atoms with E-state index in [-0.39, 0.29) is 0 Å². The molecule has 3 aliphatic rings. The third kappa shape index (κ3) is 2.55. The molecule has 1 aliphatic heterocycles. The van der Waals surface area contributed by atoms with Crippen LogP contribution in [0.25, 0.3) is 73.8 Å². The molecule has 8 nitrogen and oxygen atoms in total. The molecule has 5 heterocycles. The predicted molar refractivity (Wildman–Crippen MR) is 155 cm³/mol. The molecule has 0 bridgehead atoms. The Bertz CT molecular complexity index is 2270. The maximum absolute atomic E-state index is 4.95. The van der Waals surface area contributed by atoms with Crippen molar-refractivity contribution in [3.8, 4) is 29.2 Å². The van der Waals surface area contributed by atoms with E-state index in [9.17, 15) is 0 Å². The number of benzene rings is 3. The third-order valence-corrected chi connectivity index (χ3v) is 9.35. The molecule has 40 heavy (non-hydrogen) atoms. The van der Waals surface area contributed by atoms with Gasteiger partial charge in [0, 0.05) is 45.8 Å². The first-order valence-electron chi connectivity index (χ1n) is 13.1. The molecule has 186 valence electrons. The lowest BCUT2D eigenvalue weighted by molar-refractivity contribution is 0.897. The SMILES string of the molecule is C1=CC2Sc3ccc4c5c3c2c2c1ccc1c2c5c(n1-c1nc(-c2ncccn2)nc(-c2ncccn2)n1)=CC4. The summed E-state index contributed by atoms with van der Waals surface area (Å²) < 4.78 is 2.18. The lowest BCUT2D eigenvalue weighted by Gasteiger charge is -2.19. The highest BCUT2D eigenvalue weighted by atomic mass is 32.2. The van der Waals surface area contributed by atoms with Crippen LogP contribution in [0, 0.1) is 0 Å². The Kier molecular flexibility index (Phi) is 3.83. The van der Waals surface area contributed by atoms with Gasteiger partial charge in [0.05, 0.1) is 16.1 Å². The summed E-state index contributed by atoms with van der Waals surface area (Å²) in [5.41, 5.74) is 5.16. The summed E-state index contributed by atoms with van der Waals surface area (Å²) in [4.78, 5) is 33.7. The maximum atomic E-state index is 4.95. The molecule has 0 N–H and O–H groups in total. The van der Waals surface area contributed by atoms with Crippen molar-refractivity contribution in [2.75, 3.05) is 0 Å². The van der Waals surface area contributed by atoms with Crippen molar-refractivity contribution in [1.29, 1.82) is 0 Å². The van der Waals surface area contributed by atoms with Crippen LogP contribution < -0.4 is 5.35 Å². The molecule has 0 saturated heterocycles. The van der Waals surface area contributed by atoms with E-state index in [1.807, 2.05) is 11.8 Å². The average Bonchev–Trinajstić information content (AvgIpc) is 3.58. The standard InChI is InChI=1S/C31H16N8S/c1-11-32-27(33-12-1)29-36-30(28-34-13-2-14-35-28)38-31(37-29)39-17-7-3-15-5-9-19-25-21(15)23(17)24-18(39)8-4-16-6-10-20(40-19)26(25)22(16)24/h1-3,5-14,19H,4H2. The van der Waals surface area contributed by atoms with E-state index in [1.54, 1.807) is 36.9 Å². The molecule has 1 atom stereocenters. The second kappa shape index (κ2) is 7.34. The van der Waals surface area contributed by atoms with Gasteiger partial charge in [-0.1, -0.05) is 30.4 Å². The summed E-state index contributed by atoms with van der Waals surface area (Å²) in [6.07, 6.45) is 14.5. The Morgan fingerprint density at radius 1 is 0.700 bits per heavy atom. The molecule has 0 radical (unpaired) electrons. The fourth-order valence-corrected chi connectivity index (χ4v) is 7.85. The molecular formula is C31H16N8S. The van der Waals surface area contributed by atoms with Gasteiger partial charge in [0.1, 0.15) is 0 Å². The minimum atomic E-state index is 0.339. The zero-order valence-corrected chi connectivity index (χ0v) is 21.6. The summed E-state index contributed by atoms with van der Waals surface area (Å²) in [7, 11) is 0. The normalized spacial score (nSPS) is 16.1. The van der Waals surface area contributed by atoms with Crippen LogP contribution in [0.3, 0.4) is 0 Å². The van der Waals surface area contributed by atoms with Crippen LogP contribution in [0.4, 0.5) is 0 Å². The molecular weight excluding hydrogens is 516 g/mol. The molecule has 0 amide bonds. The highest BCUT2D eigenvalue weighted by molar-refractivity contribution is 8.00. The molecule has 0 saturated carbocycles. The minimum Gasteiger partial charge on any atom is -0.278 e. The third-order valence-electron chi connectivity index (χ3n) is 8.11. The summed E-state index contributed by atoms with van der Waals surface area (Å²) in [6, 6.07) is 12.6. The van der Waals surface area contributed by atoms with Crippen molar-refractivity contribution in [3.63, 3.8) is 0 Å². The van der Waals surface area contributed by atoms with Gasteiger partial charge in [-0.3, -0.25) is 4.57 Å². The summed E-state index contributed by atoms with van der Waals surface area (Å²) >= 11 is 1.96. The van der Waals surface area contributed by atoms with Gasteiger partial charge in [-0.05, 0) is 58.1 Å². The van der Waals surface area contributed by atoms with Gasteiger partial charge >= 0.3 is 0 Å². The Morgan fingerprint density at radius 2 is 1.45 bits per heavy atom. The van der Waals surface area contributed by atoms with Crippen LogP contribution in [0.5, 0.6) is 0 Å². The summed E-state index contributed by atoms with van der Waals surface area (Å²) in [5, 5.41) is 8.13. The van der Waals surface area contributed by atoms with Gasteiger partial charge in [0.25, 0.3) is 0 Å². The number of aromatic nitrogens is 8. The topological polar surface area (TPSA) is 95.2 Å². The van der Waals surface area contributed by atoms with E-state index in [2.05, 4.69) is 67.0 Å². The molecule has 10 rings (SSSR count). The second-order valence-corrected chi connectivity index (χ2v) is 11.3. The van der Waals surface area contributed by atoms with Crippen LogP contribution >= 0.6 is 11.8 Å². The van der Waals surface area contributed by atoms with Gasteiger partial charge in [0.2, 0.25) is 17.6 Å². The van der Waals surface area contributed by atoms with Crippen LogP contribution in [0.15, 0.2) is 72.2 Å². The van der Waals surface area contributed by atoms with Gasteiger partial charge in [0.15, 0.2) is 11.6 Å². The Labute approximate surface area is 230 Å². The smallest absolute Gasteiger partial charge is 0.239 e. The second-order valence-electron chi connectivity index (χ2n) is 10.1. The zero-order valence-electron chi connectivity index (χ0n) is 20.8. The lowest BCUT2D eigenvalue weighted by atomic mass is 9.84. The first-order valence-corrected chi connectivity index (χ1v) is 14.0. The van der Waals surface area contributed by atoms with E-state index < -0.39 is 0 Å². The fourth-order valence-electron chi connectivity index (χ4n) is 6.59. The van der Waals surface area contributed by atoms with Gasteiger partial charge in [-0.2, -0.15) is 9.97 Å². The van der Waals surface area contributed by atoms with Gasteiger partial charge in [-0.15, -0.1) is 11.8 Å². The van der Waals surface area contributed by atoms with Gasteiger partial charge in [-0.25, -0.2) is 24.9 Å². The van der Waals surface area contributed by atoms with Crippen LogP contribution in [-0.4, -0.2) is 39.5 Å². The molecule has 4 aromatic heterocycles. The quantitative estimate of drug-likeness (QED) is 0.284. The summed E-state index contributed by atoms with van der Waals surface area (Å²) in [5.74, 6) is 2.10. The molecule has 9 heteroatoms. The van der Waals surface area contributed by atoms with E-state index in [1.165, 1.54) is 48.5 Å². The van der Waals surface area contributed by atoms with Crippen LogP contribution in [0.2, 0.25) is 0 Å². The van der Waals surface area contributed by atoms with Crippen molar-refractivity contribution in [2.45, 2.75) is 16.6 Å². The maximum Gasteiger partial charge on any atom is 0.239 e. The number of hydrogen-bond acceptors (Lipinski definition) is 8.